The highest BCUT2D eigenvalue weighted by molar-refractivity contribution is 5.85. The van der Waals surface area contributed by atoms with E-state index in [0.717, 1.165) is 52.4 Å². The van der Waals surface area contributed by atoms with E-state index in [9.17, 15) is 17.6 Å². The molecule has 1 aromatic carbocycles. The van der Waals surface area contributed by atoms with Crippen LogP contribution in [0.4, 0.5) is 23.5 Å². The molecule has 172 valence electrons. The Morgan fingerprint density at radius 3 is 2.76 bits per heavy atom. The Bertz CT molecular complexity index is 1540. The zero-order valence-corrected chi connectivity index (χ0v) is 17.6. The first-order valence-corrected chi connectivity index (χ1v) is 10.7. The third-order valence-corrected chi connectivity index (χ3v) is 6.07. The number of anilines is 1. The fraction of sp³-hybridized carbons (Fsp3) is 0.217. The molecule has 4 aromatic heterocycles. The van der Waals surface area contributed by atoms with Gasteiger partial charge in [0.2, 0.25) is 5.95 Å². The average Bonchev–Trinajstić information content (AvgIpc) is 3.41. The molecule has 0 saturated carbocycles. The average molecular weight is 467 g/mol. The number of aromatic amines is 1. The fourth-order valence-corrected chi connectivity index (χ4v) is 4.51. The molecule has 2 N–H and O–H groups in total. The van der Waals surface area contributed by atoms with Gasteiger partial charge in [0, 0.05) is 34.4 Å². The highest BCUT2D eigenvalue weighted by Crippen LogP contribution is 2.34. The van der Waals surface area contributed by atoms with Crippen molar-refractivity contribution in [2.24, 2.45) is 0 Å². The van der Waals surface area contributed by atoms with Gasteiger partial charge in [0.1, 0.15) is 11.4 Å². The number of nitrogens with zero attached hydrogens (tertiary/aromatic N) is 5. The Morgan fingerprint density at radius 1 is 1.09 bits per heavy atom. The summed E-state index contributed by atoms with van der Waals surface area (Å²) in [5, 5.41) is 8.29. The number of benzene rings is 1. The van der Waals surface area contributed by atoms with Crippen molar-refractivity contribution in [2.45, 2.75) is 31.5 Å². The van der Waals surface area contributed by atoms with Crippen LogP contribution in [-0.4, -0.2) is 35.6 Å². The number of aryl methyl sites for hydroxylation is 1. The van der Waals surface area contributed by atoms with Gasteiger partial charge in [-0.1, -0.05) is 18.2 Å². The first kappa shape index (κ1) is 20.6. The van der Waals surface area contributed by atoms with Crippen LogP contribution < -0.4 is 5.32 Å². The maximum absolute atomic E-state index is 13.8. The number of H-pyrrole nitrogens is 1. The minimum atomic E-state index is -4.66. The van der Waals surface area contributed by atoms with E-state index in [4.69, 9.17) is 0 Å². The van der Waals surface area contributed by atoms with Crippen LogP contribution in [0.25, 0.3) is 27.9 Å². The standard InChI is InChI=1S/C23H17F4N7/c24-13-7-12(9-28-10-13)20-32-21-17(23(25,26)27)11-29-34(21)22(33-20)30-14-5-6-19-16(8-14)15-3-1-2-4-18(15)31-19/h1-4,7,9-11,14,31H,5-6,8H2,(H,30,32,33)/t14-/m1/s1. The summed E-state index contributed by atoms with van der Waals surface area (Å²) < 4.78 is 55.6. The quantitative estimate of drug-likeness (QED) is 0.373. The van der Waals surface area contributed by atoms with E-state index in [2.05, 4.69) is 30.4 Å². The van der Waals surface area contributed by atoms with E-state index in [1.807, 2.05) is 24.3 Å². The van der Waals surface area contributed by atoms with E-state index < -0.39 is 23.2 Å². The summed E-state index contributed by atoms with van der Waals surface area (Å²) in [7, 11) is 0. The predicted molar refractivity (Wildman–Crippen MR) is 117 cm³/mol. The summed E-state index contributed by atoms with van der Waals surface area (Å²) >= 11 is 0. The Labute approximate surface area is 189 Å². The molecule has 0 bridgehead atoms. The number of rotatable bonds is 3. The topological polar surface area (TPSA) is 83.8 Å². The summed E-state index contributed by atoms with van der Waals surface area (Å²) in [4.78, 5) is 15.7. The van der Waals surface area contributed by atoms with E-state index in [0.29, 0.717) is 6.42 Å². The number of aromatic nitrogens is 6. The predicted octanol–water partition coefficient (Wildman–Crippen LogP) is 4.79. The Kier molecular flexibility index (Phi) is 4.54. The van der Waals surface area contributed by atoms with E-state index in [1.165, 1.54) is 11.8 Å². The molecule has 0 aliphatic heterocycles. The molecule has 1 aliphatic rings. The van der Waals surface area contributed by atoms with Crippen molar-refractivity contribution in [1.29, 1.82) is 0 Å². The summed E-state index contributed by atoms with van der Waals surface area (Å²) in [6.45, 7) is 0. The van der Waals surface area contributed by atoms with Crippen molar-refractivity contribution in [2.75, 3.05) is 5.32 Å². The first-order chi connectivity index (χ1) is 16.4. The van der Waals surface area contributed by atoms with E-state index >= 15 is 0 Å². The Morgan fingerprint density at radius 2 is 1.94 bits per heavy atom. The van der Waals surface area contributed by atoms with Crippen LogP contribution in [0.3, 0.4) is 0 Å². The number of alkyl halides is 3. The van der Waals surface area contributed by atoms with Gasteiger partial charge in [-0.15, -0.1) is 0 Å². The number of hydrogen-bond acceptors (Lipinski definition) is 5. The van der Waals surface area contributed by atoms with Crippen LogP contribution in [0.1, 0.15) is 23.2 Å². The summed E-state index contributed by atoms with van der Waals surface area (Å²) in [5.41, 5.74) is 2.16. The van der Waals surface area contributed by atoms with Gasteiger partial charge in [-0.3, -0.25) is 4.98 Å². The molecular formula is C23H17F4N7. The molecule has 0 radical (unpaired) electrons. The second-order valence-electron chi connectivity index (χ2n) is 8.27. The van der Waals surface area contributed by atoms with Crippen molar-refractivity contribution in [3.63, 3.8) is 0 Å². The van der Waals surface area contributed by atoms with Crippen LogP contribution in [0.2, 0.25) is 0 Å². The highest BCUT2D eigenvalue weighted by atomic mass is 19.4. The second kappa shape index (κ2) is 7.51. The van der Waals surface area contributed by atoms with Gasteiger partial charge < -0.3 is 10.3 Å². The fourth-order valence-electron chi connectivity index (χ4n) is 4.51. The van der Waals surface area contributed by atoms with E-state index in [1.54, 1.807) is 0 Å². The maximum Gasteiger partial charge on any atom is 0.421 e. The van der Waals surface area contributed by atoms with Crippen molar-refractivity contribution >= 4 is 22.5 Å². The molecule has 1 aliphatic carbocycles. The molecular weight excluding hydrogens is 450 g/mol. The van der Waals surface area contributed by atoms with Crippen LogP contribution >= 0.6 is 0 Å². The molecule has 0 spiro atoms. The molecule has 4 heterocycles. The van der Waals surface area contributed by atoms with Gasteiger partial charge in [-0.25, -0.2) is 9.37 Å². The smallest absolute Gasteiger partial charge is 0.358 e. The second-order valence-corrected chi connectivity index (χ2v) is 8.27. The van der Waals surface area contributed by atoms with Gasteiger partial charge in [0.05, 0.1) is 12.4 Å². The number of fused-ring (bicyclic) bond motifs is 4. The van der Waals surface area contributed by atoms with Gasteiger partial charge in [0.25, 0.3) is 0 Å². The van der Waals surface area contributed by atoms with Crippen LogP contribution in [0.15, 0.2) is 48.9 Å². The minimum absolute atomic E-state index is 0.0726. The molecule has 0 amide bonds. The van der Waals surface area contributed by atoms with Gasteiger partial charge in [-0.05, 0) is 37.0 Å². The molecule has 34 heavy (non-hydrogen) atoms. The Hall–Kier alpha value is -4.02. The largest absolute Gasteiger partial charge is 0.421 e. The van der Waals surface area contributed by atoms with Gasteiger partial charge in [-0.2, -0.15) is 27.8 Å². The van der Waals surface area contributed by atoms with Crippen molar-refractivity contribution in [3.8, 4) is 11.4 Å². The first-order valence-electron chi connectivity index (χ1n) is 10.7. The summed E-state index contributed by atoms with van der Waals surface area (Å²) in [5.74, 6) is -0.608. The lowest BCUT2D eigenvalue weighted by atomic mass is 9.91. The molecule has 1 atom stereocenters. The number of halogens is 4. The number of pyridine rings is 1. The number of para-hydroxylation sites is 1. The van der Waals surface area contributed by atoms with Crippen LogP contribution in [-0.2, 0) is 19.0 Å². The molecule has 7 nitrogen and oxygen atoms in total. The molecule has 0 saturated heterocycles. The molecule has 6 rings (SSSR count). The van der Waals surface area contributed by atoms with Crippen LogP contribution in [0, 0.1) is 5.82 Å². The van der Waals surface area contributed by atoms with Crippen molar-refractivity contribution < 1.29 is 17.6 Å². The van der Waals surface area contributed by atoms with Gasteiger partial charge in [0.15, 0.2) is 11.5 Å². The van der Waals surface area contributed by atoms with Gasteiger partial charge >= 0.3 is 6.18 Å². The third-order valence-electron chi connectivity index (χ3n) is 6.07. The molecule has 5 aromatic rings. The monoisotopic (exact) mass is 467 g/mol. The lowest BCUT2D eigenvalue weighted by Gasteiger charge is -2.24. The molecule has 0 fully saturated rings. The van der Waals surface area contributed by atoms with Crippen LogP contribution in [0.5, 0.6) is 0 Å². The van der Waals surface area contributed by atoms with E-state index in [-0.39, 0.29) is 23.4 Å². The number of nitrogens with one attached hydrogen (secondary N) is 2. The summed E-state index contributed by atoms with van der Waals surface area (Å²) in [6.07, 6.45) is 0.563. The zero-order valence-electron chi connectivity index (χ0n) is 17.6. The lowest BCUT2D eigenvalue weighted by Crippen LogP contribution is -2.29. The SMILES string of the molecule is Fc1cncc(-c2nc(N[C@@H]3CCc4[nH]c5ccccc5c4C3)n3ncc(C(F)(F)F)c3n2)c1. The molecule has 0 unspecified atom stereocenters. The number of hydrogen-bond donors (Lipinski definition) is 2. The zero-order chi connectivity index (χ0) is 23.4. The normalized spacial score (nSPS) is 16.2. The summed E-state index contributed by atoms with van der Waals surface area (Å²) in [6, 6.07) is 9.05. The maximum atomic E-state index is 13.8. The molecule has 11 heteroatoms. The third kappa shape index (κ3) is 3.44. The minimum Gasteiger partial charge on any atom is -0.358 e. The van der Waals surface area contributed by atoms with Crippen molar-refractivity contribution in [1.82, 2.24) is 29.5 Å². The highest BCUT2D eigenvalue weighted by Gasteiger charge is 2.36. The van der Waals surface area contributed by atoms with Crippen molar-refractivity contribution in [3.05, 3.63) is 71.6 Å². The Balaban J connectivity index is 1.43. The lowest BCUT2D eigenvalue weighted by molar-refractivity contribution is -0.136.